The molecule has 0 aliphatic rings. The van der Waals surface area contributed by atoms with Gasteiger partial charge in [0, 0.05) is 19.2 Å². The van der Waals surface area contributed by atoms with Crippen molar-refractivity contribution in [2.24, 2.45) is 4.99 Å². The van der Waals surface area contributed by atoms with Gasteiger partial charge in [-0.25, -0.2) is 4.98 Å². The van der Waals surface area contributed by atoms with E-state index in [1.54, 1.807) is 31.8 Å². The summed E-state index contributed by atoms with van der Waals surface area (Å²) in [4.78, 5) is 9.76. The molecule has 0 radical (unpaired) electrons. The van der Waals surface area contributed by atoms with Gasteiger partial charge in [-0.1, -0.05) is 18.2 Å². The fraction of sp³-hybridized carbons (Fsp3) is 0.263. The molecule has 0 spiro atoms. The van der Waals surface area contributed by atoms with Gasteiger partial charge in [0.1, 0.15) is 12.0 Å². The summed E-state index contributed by atoms with van der Waals surface area (Å²) in [5.41, 5.74) is 3.06. The van der Waals surface area contributed by atoms with Gasteiger partial charge in [-0.15, -0.1) is 35.3 Å². The number of guanidine groups is 1. The first-order chi connectivity index (χ1) is 12.7. The number of hydrogen-bond donors (Lipinski definition) is 2. The molecule has 0 fully saturated rings. The summed E-state index contributed by atoms with van der Waals surface area (Å²) in [5, 5.41) is 8.53. The van der Waals surface area contributed by atoms with E-state index in [4.69, 9.17) is 9.15 Å². The number of ether oxygens (including phenoxy) is 1. The molecule has 0 aliphatic heterocycles. The van der Waals surface area contributed by atoms with Crippen LogP contribution in [0.2, 0.25) is 0 Å². The molecule has 3 aromatic rings. The summed E-state index contributed by atoms with van der Waals surface area (Å²) < 4.78 is 11.0. The van der Waals surface area contributed by atoms with Crippen LogP contribution in [0.1, 0.15) is 16.8 Å². The Kier molecular flexibility index (Phi) is 8.11. The van der Waals surface area contributed by atoms with E-state index in [0.717, 1.165) is 21.9 Å². The van der Waals surface area contributed by atoms with Crippen molar-refractivity contribution in [3.63, 3.8) is 0 Å². The number of rotatable bonds is 6. The number of halogens is 1. The Balaban J connectivity index is 0.00000261. The number of aliphatic imine (C=N–C) groups is 1. The van der Waals surface area contributed by atoms with E-state index in [0.29, 0.717) is 24.9 Å². The molecule has 0 atom stereocenters. The van der Waals surface area contributed by atoms with Crippen LogP contribution in [0.3, 0.4) is 0 Å². The van der Waals surface area contributed by atoms with Crippen molar-refractivity contribution in [3.05, 3.63) is 58.8 Å². The Morgan fingerprint density at radius 2 is 2.07 bits per heavy atom. The maximum absolute atomic E-state index is 5.53. The van der Waals surface area contributed by atoms with Gasteiger partial charge in [-0.05, 0) is 30.0 Å². The van der Waals surface area contributed by atoms with Crippen LogP contribution in [0.5, 0.6) is 5.75 Å². The first-order valence-electron chi connectivity index (χ1n) is 8.26. The average Bonchev–Trinajstić information content (AvgIpc) is 3.34. The second kappa shape index (κ2) is 10.3. The van der Waals surface area contributed by atoms with Crippen LogP contribution in [0.25, 0.3) is 10.8 Å². The molecular formula is C19H23IN4O2S. The van der Waals surface area contributed by atoms with E-state index in [2.05, 4.69) is 32.7 Å². The first-order valence-corrected chi connectivity index (χ1v) is 9.14. The molecule has 0 amide bonds. The van der Waals surface area contributed by atoms with Crippen molar-refractivity contribution in [2.45, 2.75) is 20.0 Å². The SMILES string of the molecule is CN=C(NCc1coc(-c2cccs2)n1)NCc1ccc(C)cc1OC.I. The standard InChI is InChI=1S/C19H22N4O2S.HI/c1-13-6-7-14(16(9-13)24-3)10-21-19(20-2)22-11-15-12-25-18(23-15)17-5-4-8-26-17;/h4-9,12H,10-11H2,1-3H3,(H2,20,21,22);1H. The smallest absolute Gasteiger partial charge is 0.236 e. The molecule has 144 valence electrons. The van der Waals surface area contributed by atoms with E-state index in [9.17, 15) is 0 Å². The lowest BCUT2D eigenvalue weighted by Gasteiger charge is -2.13. The Morgan fingerprint density at radius 1 is 1.26 bits per heavy atom. The summed E-state index contributed by atoms with van der Waals surface area (Å²) >= 11 is 1.60. The minimum atomic E-state index is 0. The second-order valence-corrected chi connectivity index (χ2v) is 6.66. The summed E-state index contributed by atoms with van der Waals surface area (Å²) in [6.07, 6.45) is 1.67. The molecule has 0 unspecified atom stereocenters. The highest BCUT2D eigenvalue weighted by molar-refractivity contribution is 14.0. The summed E-state index contributed by atoms with van der Waals surface area (Å²) in [6, 6.07) is 10.1. The van der Waals surface area contributed by atoms with Crippen LogP contribution >= 0.6 is 35.3 Å². The zero-order valence-corrected chi connectivity index (χ0v) is 18.6. The van der Waals surface area contributed by atoms with Crippen molar-refractivity contribution in [3.8, 4) is 16.5 Å². The van der Waals surface area contributed by atoms with E-state index in [1.165, 1.54) is 5.56 Å². The maximum atomic E-state index is 5.53. The normalized spacial score (nSPS) is 11.0. The molecule has 3 rings (SSSR count). The van der Waals surface area contributed by atoms with Crippen molar-refractivity contribution in [2.75, 3.05) is 14.2 Å². The van der Waals surface area contributed by atoms with Gasteiger partial charge >= 0.3 is 0 Å². The Bertz CT molecular complexity index is 878. The lowest BCUT2D eigenvalue weighted by atomic mass is 10.1. The van der Waals surface area contributed by atoms with E-state index in [-0.39, 0.29) is 24.0 Å². The minimum absolute atomic E-state index is 0. The third kappa shape index (κ3) is 5.70. The summed E-state index contributed by atoms with van der Waals surface area (Å²) in [5.74, 6) is 2.20. The van der Waals surface area contributed by atoms with Crippen LogP contribution in [0.15, 0.2) is 51.4 Å². The second-order valence-electron chi connectivity index (χ2n) is 5.72. The molecule has 0 saturated heterocycles. The summed E-state index contributed by atoms with van der Waals surface area (Å²) in [6.45, 7) is 3.19. The third-order valence-corrected chi connectivity index (χ3v) is 4.69. The van der Waals surface area contributed by atoms with E-state index in [1.807, 2.05) is 30.5 Å². The van der Waals surface area contributed by atoms with Gasteiger partial charge < -0.3 is 19.8 Å². The molecule has 6 nitrogen and oxygen atoms in total. The maximum Gasteiger partial charge on any atom is 0.236 e. The zero-order valence-electron chi connectivity index (χ0n) is 15.5. The van der Waals surface area contributed by atoms with Crippen molar-refractivity contribution >= 4 is 41.3 Å². The van der Waals surface area contributed by atoms with Crippen LogP contribution in [0.4, 0.5) is 0 Å². The monoisotopic (exact) mass is 498 g/mol. The number of aromatic nitrogens is 1. The molecule has 27 heavy (non-hydrogen) atoms. The predicted octanol–water partition coefficient (Wildman–Crippen LogP) is 4.20. The molecule has 2 aromatic heterocycles. The van der Waals surface area contributed by atoms with Crippen LogP contribution in [0, 0.1) is 6.92 Å². The number of nitrogens with zero attached hydrogens (tertiary/aromatic N) is 2. The van der Waals surface area contributed by atoms with Gasteiger partial charge in [-0.2, -0.15) is 0 Å². The predicted molar refractivity (Wildman–Crippen MR) is 120 cm³/mol. The van der Waals surface area contributed by atoms with Crippen LogP contribution in [-0.2, 0) is 13.1 Å². The fourth-order valence-electron chi connectivity index (χ4n) is 2.47. The number of oxazole rings is 1. The first kappa shape index (κ1) is 21.2. The van der Waals surface area contributed by atoms with Gasteiger partial charge in [-0.3, -0.25) is 4.99 Å². The van der Waals surface area contributed by atoms with Crippen molar-refractivity contribution in [1.82, 2.24) is 15.6 Å². The number of methoxy groups -OCH3 is 1. The number of hydrogen-bond acceptors (Lipinski definition) is 5. The van der Waals surface area contributed by atoms with Crippen LogP contribution in [-0.4, -0.2) is 25.1 Å². The molecule has 0 bridgehead atoms. The summed E-state index contributed by atoms with van der Waals surface area (Å²) in [7, 11) is 3.42. The molecule has 0 saturated carbocycles. The van der Waals surface area contributed by atoms with Crippen molar-refractivity contribution in [1.29, 1.82) is 0 Å². The van der Waals surface area contributed by atoms with Gasteiger partial charge in [0.25, 0.3) is 0 Å². The quantitative estimate of drug-likeness (QED) is 0.303. The highest BCUT2D eigenvalue weighted by atomic mass is 127. The topological polar surface area (TPSA) is 71.7 Å². The van der Waals surface area contributed by atoms with Gasteiger partial charge in [0.15, 0.2) is 5.96 Å². The molecule has 2 N–H and O–H groups in total. The largest absolute Gasteiger partial charge is 0.496 e. The highest BCUT2D eigenvalue weighted by Gasteiger charge is 2.09. The fourth-order valence-corrected chi connectivity index (χ4v) is 3.13. The number of benzene rings is 1. The zero-order chi connectivity index (χ0) is 18.4. The lowest BCUT2D eigenvalue weighted by molar-refractivity contribution is 0.408. The van der Waals surface area contributed by atoms with Crippen molar-refractivity contribution < 1.29 is 9.15 Å². The van der Waals surface area contributed by atoms with Gasteiger partial charge in [0.05, 0.1) is 24.2 Å². The molecule has 8 heteroatoms. The molecule has 1 aromatic carbocycles. The average molecular weight is 498 g/mol. The van der Waals surface area contributed by atoms with Crippen LogP contribution < -0.4 is 15.4 Å². The lowest BCUT2D eigenvalue weighted by Crippen LogP contribution is -2.36. The molecule has 2 heterocycles. The van der Waals surface area contributed by atoms with E-state index < -0.39 is 0 Å². The Hall–Kier alpha value is -2.07. The van der Waals surface area contributed by atoms with E-state index >= 15 is 0 Å². The Labute approximate surface area is 180 Å². The number of thiophene rings is 1. The highest BCUT2D eigenvalue weighted by Crippen LogP contribution is 2.23. The Morgan fingerprint density at radius 3 is 2.78 bits per heavy atom. The molecular weight excluding hydrogens is 475 g/mol. The minimum Gasteiger partial charge on any atom is -0.496 e. The molecule has 0 aliphatic carbocycles. The van der Waals surface area contributed by atoms with Gasteiger partial charge in [0.2, 0.25) is 5.89 Å². The third-order valence-electron chi connectivity index (χ3n) is 3.83. The number of aryl methyl sites for hydroxylation is 1. The number of nitrogens with one attached hydrogen (secondary N) is 2.